The third kappa shape index (κ3) is 3.23. The molecular weight excluding hydrogens is 290 g/mol. The molecule has 1 aromatic heterocycles. The highest BCUT2D eigenvalue weighted by atomic mass is 32.2. The van der Waals surface area contributed by atoms with E-state index in [1.165, 1.54) is 10.3 Å². The third-order valence-electron chi connectivity index (χ3n) is 2.99. The monoisotopic (exact) mass is 305 g/mol. The van der Waals surface area contributed by atoms with Gasteiger partial charge in [-0.2, -0.15) is 0 Å². The van der Waals surface area contributed by atoms with Gasteiger partial charge in [-0.25, -0.2) is 13.4 Å². The van der Waals surface area contributed by atoms with Crippen molar-refractivity contribution < 1.29 is 18.3 Å². The summed E-state index contributed by atoms with van der Waals surface area (Å²) in [7, 11) is -3.09. The number of sulfone groups is 1. The summed E-state index contributed by atoms with van der Waals surface area (Å²) in [6.45, 7) is -0.127. The molecule has 1 unspecified atom stereocenters. The average molecular weight is 305 g/mol. The molecule has 2 rings (SSSR count). The maximum absolute atomic E-state index is 12.3. The van der Waals surface area contributed by atoms with Crippen LogP contribution < -0.4 is 5.73 Å². The van der Waals surface area contributed by atoms with Gasteiger partial charge in [0.05, 0.1) is 18.1 Å². The van der Waals surface area contributed by atoms with Crippen molar-refractivity contribution in [3.8, 4) is 0 Å². The topological polar surface area (TPSA) is 114 Å². The first-order valence-electron chi connectivity index (χ1n) is 5.76. The van der Waals surface area contributed by atoms with Gasteiger partial charge in [-0.3, -0.25) is 4.79 Å². The zero-order chi connectivity index (χ0) is 14.0. The van der Waals surface area contributed by atoms with Crippen LogP contribution in [0, 0.1) is 0 Å². The summed E-state index contributed by atoms with van der Waals surface area (Å²) in [5.74, 6) is -0.367. The lowest BCUT2D eigenvalue weighted by atomic mass is 10.2. The highest BCUT2D eigenvalue weighted by Gasteiger charge is 2.35. The fourth-order valence-electron chi connectivity index (χ4n) is 2.11. The van der Waals surface area contributed by atoms with E-state index in [-0.39, 0.29) is 41.4 Å². The van der Waals surface area contributed by atoms with Crippen LogP contribution >= 0.6 is 11.3 Å². The second-order valence-corrected chi connectivity index (χ2v) is 7.47. The van der Waals surface area contributed by atoms with Crippen LogP contribution in [-0.4, -0.2) is 60.0 Å². The van der Waals surface area contributed by atoms with Gasteiger partial charge in [0, 0.05) is 18.0 Å². The molecule has 19 heavy (non-hydrogen) atoms. The summed E-state index contributed by atoms with van der Waals surface area (Å²) >= 11 is 1.15. The molecule has 1 aliphatic heterocycles. The number of carbonyl (C=O) groups is 1. The Kier molecular flexibility index (Phi) is 4.07. The number of hydrogen-bond donors (Lipinski definition) is 2. The van der Waals surface area contributed by atoms with Crippen molar-refractivity contribution in [2.45, 2.75) is 12.5 Å². The van der Waals surface area contributed by atoms with Gasteiger partial charge in [-0.15, -0.1) is 11.3 Å². The molecule has 1 atom stereocenters. The van der Waals surface area contributed by atoms with Crippen molar-refractivity contribution in [3.63, 3.8) is 0 Å². The molecule has 0 saturated carbocycles. The summed E-state index contributed by atoms with van der Waals surface area (Å²) in [4.78, 5) is 17.5. The molecule has 1 aromatic rings. The minimum Gasteiger partial charge on any atom is -0.395 e. The summed E-state index contributed by atoms with van der Waals surface area (Å²) in [5, 5.41) is 10.9. The summed E-state index contributed by atoms with van der Waals surface area (Å²) < 4.78 is 23.0. The van der Waals surface area contributed by atoms with Crippen molar-refractivity contribution in [1.82, 2.24) is 9.88 Å². The van der Waals surface area contributed by atoms with E-state index >= 15 is 0 Å². The van der Waals surface area contributed by atoms with Gasteiger partial charge in [-0.1, -0.05) is 0 Å². The normalized spacial score (nSPS) is 21.4. The van der Waals surface area contributed by atoms with E-state index in [1.54, 1.807) is 0 Å². The Bertz CT molecular complexity index is 569. The predicted molar refractivity (Wildman–Crippen MR) is 71.7 cm³/mol. The number of nitrogen functional groups attached to an aromatic ring is 1. The van der Waals surface area contributed by atoms with Crippen LogP contribution in [0.1, 0.15) is 16.9 Å². The molecule has 0 aliphatic carbocycles. The van der Waals surface area contributed by atoms with Crippen LogP contribution in [0.4, 0.5) is 5.13 Å². The lowest BCUT2D eigenvalue weighted by molar-refractivity contribution is 0.0650. The first-order chi connectivity index (χ1) is 8.93. The Morgan fingerprint density at radius 2 is 2.37 bits per heavy atom. The Morgan fingerprint density at radius 1 is 1.63 bits per heavy atom. The minimum absolute atomic E-state index is 0.0572. The average Bonchev–Trinajstić information content (AvgIpc) is 2.91. The van der Waals surface area contributed by atoms with Crippen LogP contribution in [0.15, 0.2) is 5.38 Å². The number of nitrogens with zero attached hydrogens (tertiary/aromatic N) is 2. The summed E-state index contributed by atoms with van der Waals surface area (Å²) in [5.41, 5.74) is 5.67. The summed E-state index contributed by atoms with van der Waals surface area (Å²) in [6, 6.07) is -0.396. The fraction of sp³-hybridized carbons (Fsp3) is 0.600. The second-order valence-electron chi connectivity index (χ2n) is 4.35. The van der Waals surface area contributed by atoms with Gasteiger partial charge in [0.2, 0.25) is 0 Å². The van der Waals surface area contributed by atoms with Crippen LogP contribution in [0.25, 0.3) is 0 Å². The second kappa shape index (κ2) is 5.43. The Balaban J connectivity index is 2.18. The van der Waals surface area contributed by atoms with Gasteiger partial charge in [-0.05, 0) is 6.42 Å². The van der Waals surface area contributed by atoms with Crippen molar-refractivity contribution in [2.75, 3.05) is 30.4 Å². The zero-order valence-corrected chi connectivity index (χ0v) is 11.8. The van der Waals surface area contributed by atoms with Gasteiger partial charge in [0.25, 0.3) is 5.91 Å². The maximum Gasteiger partial charge on any atom is 0.273 e. The Labute approximate surface area is 115 Å². The van der Waals surface area contributed by atoms with Crippen LogP contribution in [0.3, 0.4) is 0 Å². The molecule has 0 radical (unpaired) electrons. The number of carbonyl (C=O) groups excluding carboxylic acids is 1. The van der Waals surface area contributed by atoms with E-state index in [2.05, 4.69) is 4.98 Å². The lowest BCUT2D eigenvalue weighted by Gasteiger charge is -2.26. The molecule has 1 aliphatic rings. The molecule has 9 heteroatoms. The number of rotatable bonds is 4. The van der Waals surface area contributed by atoms with E-state index in [0.29, 0.717) is 6.42 Å². The number of thiazole rings is 1. The maximum atomic E-state index is 12.3. The van der Waals surface area contributed by atoms with Crippen molar-refractivity contribution in [3.05, 3.63) is 11.1 Å². The van der Waals surface area contributed by atoms with Crippen molar-refractivity contribution in [2.24, 2.45) is 0 Å². The van der Waals surface area contributed by atoms with Crippen molar-refractivity contribution in [1.29, 1.82) is 0 Å². The highest BCUT2D eigenvalue weighted by Crippen LogP contribution is 2.21. The van der Waals surface area contributed by atoms with Gasteiger partial charge >= 0.3 is 0 Å². The molecule has 1 saturated heterocycles. The largest absolute Gasteiger partial charge is 0.395 e. The number of hydrogen-bond acceptors (Lipinski definition) is 7. The molecule has 1 fully saturated rings. The molecule has 2 heterocycles. The predicted octanol–water partition coefficient (Wildman–Crippen LogP) is -0.653. The van der Waals surface area contributed by atoms with E-state index < -0.39 is 15.9 Å². The van der Waals surface area contributed by atoms with Gasteiger partial charge < -0.3 is 15.7 Å². The minimum atomic E-state index is -3.09. The Hall–Kier alpha value is -1.19. The van der Waals surface area contributed by atoms with Gasteiger partial charge in [0.15, 0.2) is 15.0 Å². The molecule has 0 spiro atoms. The molecule has 1 amide bonds. The van der Waals surface area contributed by atoms with E-state index in [4.69, 9.17) is 10.8 Å². The van der Waals surface area contributed by atoms with Crippen molar-refractivity contribution >= 4 is 32.2 Å². The number of aliphatic hydroxyl groups is 1. The number of amides is 1. The van der Waals surface area contributed by atoms with Crippen LogP contribution in [0.5, 0.6) is 0 Å². The standard InChI is InChI=1S/C10H15N3O4S2/c11-10-12-8(5-18-10)9(15)13(2-3-14)7-1-4-19(16,17)6-7/h5,7,14H,1-4,6H2,(H2,11,12). The SMILES string of the molecule is Nc1nc(C(=O)N(CCO)C2CCS(=O)(=O)C2)cs1. The summed E-state index contributed by atoms with van der Waals surface area (Å²) in [6.07, 6.45) is 0.397. The molecule has 0 aromatic carbocycles. The molecule has 3 N–H and O–H groups in total. The number of aromatic nitrogens is 1. The number of anilines is 1. The molecule has 106 valence electrons. The zero-order valence-electron chi connectivity index (χ0n) is 10.2. The quantitative estimate of drug-likeness (QED) is 0.764. The van der Waals surface area contributed by atoms with Crippen LogP contribution in [0.2, 0.25) is 0 Å². The highest BCUT2D eigenvalue weighted by molar-refractivity contribution is 7.91. The number of nitrogens with two attached hydrogens (primary N) is 1. The Morgan fingerprint density at radius 3 is 2.84 bits per heavy atom. The third-order valence-corrected chi connectivity index (χ3v) is 5.42. The van der Waals surface area contributed by atoms with E-state index in [9.17, 15) is 13.2 Å². The van der Waals surface area contributed by atoms with Crippen LogP contribution in [-0.2, 0) is 9.84 Å². The van der Waals surface area contributed by atoms with E-state index in [0.717, 1.165) is 11.3 Å². The first kappa shape index (κ1) is 14.2. The fourth-order valence-corrected chi connectivity index (χ4v) is 4.38. The number of aliphatic hydroxyl groups excluding tert-OH is 1. The van der Waals surface area contributed by atoms with E-state index in [1.807, 2.05) is 0 Å². The lowest BCUT2D eigenvalue weighted by Crippen LogP contribution is -2.43. The molecule has 7 nitrogen and oxygen atoms in total. The first-order valence-corrected chi connectivity index (χ1v) is 8.46. The smallest absolute Gasteiger partial charge is 0.273 e. The molecular formula is C10H15N3O4S2. The van der Waals surface area contributed by atoms with Gasteiger partial charge in [0.1, 0.15) is 5.69 Å². The molecule has 0 bridgehead atoms.